The van der Waals surface area contributed by atoms with E-state index in [-0.39, 0.29) is 0 Å². The van der Waals surface area contributed by atoms with Gasteiger partial charge in [-0.25, -0.2) is 4.98 Å². The summed E-state index contributed by atoms with van der Waals surface area (Å²) in [5, 5.41) is 2.95. The summed E-state index contributed by atoms with van der Waals surface area (Å²) in [5.74, 6) is 0.789. The largest absolute Gasteiger partial charge is 0.482 e. The average Bonchev–Trinajstić information content (AvgIpc) is 2.92. The number of hydrogen-bond acceptors (Lipinski definition) is 5. The Morgan fingerprint density at radius 1 is 1.32 bits per heavy atom. The van der Waals surface area contributed by atoms with E-state index < -0.39 is 0 Å². The van der Waals surface area contributed by atoms with Gasteiger partial charge in [0.2, 0.25) is 0 Å². The van der Waals surface area contributed by atoms with Crippen LogP contribution in [0.2, 0.25) is 0 Å². The Morgan fingerprint density at radius 3 is 2.77 bits per heavy atom. The molecule has 1 aliphatic rings. The van der Waals surface area contributed by atoms with Crippen LogP contribution < -0.4 is 4.90 Å². The summed E-state index contributed by atoms with van der Waals surface area (Å²) in [5.41, 5.74) is 5.19. The van der Waals surface area contributed by atoms with Crippen molar-refractivity contribution in [1.29, 1.82) is 0 Å². The van der Waals surface area contributed by atoms with Crippen molar-refractivity contribution >= 4 is 22.0 Å². The van der Waals surface area contributed by atoms with Crippen LogP contribution in [-0.2, 0) is 4.74 Å². The Kier molecular flexibility index (Phi) is 3.64. The zero-order valence-electron chi connectivity index (χ0n) is 14.2. The van der Waals surface area contributed by atoms with Gasteiger partial charge in [0.15, 0.2) is 11.0 Å². The van der Waals surface area contributed by atoms with E-state index in [0.29, 0.717) is 12.7 Å². The Bertz CT molecular complexity index is 790. The lowest BCUT2D eigenvalue weighted by Gasteiger charge is -2.29. The van der Waals surface area contributed by atoms with Gasteiger partial charge in [0, 0.05) is 23.3 Å². The summed E-state index contributed by atoms with van der Waals surface area (Å²) in [4.78, 5) is 10.8. The van der Waals surface area contributed by atoms with Gasteiger partial charge in [-0.2, -0.15) is 0 Å². The van der Waals surface area contributed by atoms with Crippen LogP contribution in [0.25, 0.3) is 5.57 Å². The van der Waals surface area contributed by atoms with Gasteiger partial charge in [-0.3, -0.25) is 9.88 Å². The lowest BCUT2D eigenvalue weighted by Crippen LogP contribution is -2.28. The van der Waals surface area contributed by atoms with Gasteiger partial charge in [-0.15, -0.1) is 11.3 Å². The molecular weight excluding hydrogens is 294 g/mol. The number of thiazole rings is 1. The fourth-order valence-corrected chi connectivity index (χ4v) is 3.31. The molecule has 0 radical (unpaired) electrons. The molecule has 2 aromatic heterocycles. The highest BCUT2D eigenvalue weighted by atomic mass is 32.1. The number of aromatic nitrogens is 2. The molecule has 0 spiro atoms. The van der Waals surface area contributed by atoms with E-state index in [1.54, 1.807) is 18.4 Å². The third-order valence-electron chi connectivity index (χ3n) is 3.62. The third-order valence-corrected chi connectivity index (χ3v) is 4.60. The molecule has 0 bridgehead atoms. The SMILES string of the molecule is [2H]c1cc(C2=C(C)C=C(OC)N(c3nc(C)cs3)C2)cc(C)n1. The highest BCUT2D eigenvalue weighted by Gasteiger charge is 2.23. The highest BCUT2D eigenvalue weighted by molar-refractivity contribution is 7.13. The number of rotatable bonds is 3. The van der Waals surface area contributed by atoms with Crippen molar-refractivity contribution in [2.45, 2.75) is 20.8 Å². The summed E-state index contributed by atoms with van der Waals surface area (Å²) < 4.78 is 13.4. The lowest BCUT2D eigenvalue weighted by atomic mass is 9.98. The minimum atomic E-state index is 0.290. The molecule has 0 amide bonds. The fraction of sp³-hybridized carbons (Fsp3) is 0.294. The molecular formula is C17H19N3OS. The predicted octanol–water partition coefficient (Wildman–Crippen LogP) is 3.94. The van der Waals surface area contributed by atoms with Crippen LogP contribution in [0, 0.1) is 13.8 Å². The van der Waals surface area contributed by atoms with Gasteiger partial charge in [-0.05, 0) is 49.6 Å². The van der Waals surface area contributed by atoms with Crippen LogP contribution in [0.15, 0.2) is 41.2 Å². The molecule has 0 aromatic carbocycles. The van der Waals surface area contributed by atoms with Crippen molar-refractivity contribution in [3.8, 4) is 0 Å². The zero-order chi connectivity index (χ0) is 16.6. The van der Waals surface area contributed by atoms with E-state index in [1.165, 1.54) is 0 Å². The van der Waals surface area contributed by atoms with E-state index in [0.717, 1.165) is 39.1 Å². The third kappa shape index (κ3) is 2.76. The highest BCUT2D eigenvalue weighted by Crippen LogP contribution is 2.33. The molecule has 22 heavy (non-hydrogen) atoms. The molecule has 2 aromatic rings. The van der Waals surface area contributed by atoms with Crippen molar-refractivity contribution in [2.75, 3.05) is 18.6 Å². The number of pyridine rings is 1. The fourth-order valence-electron chi connectivity index (χ4n) is 2.50. The number of hydrogen-bond donors (Lipinski definition) is 0. The maximum absolute atomic E-state index is 7.86. The number of ether oxygens (including phenoxy) is 1. The first kappa shape index (κ1) is 13.5. The van der Waals surface area contributed by atoms with E-state index in [4.69, 9.17) is 6.11 Å². The van der Waals surface area contributed by atoms with Crippen LogP contribution >= 0.6 is 11.3 Å². The molecule has 0 unspecified atom stereocenters. The van der Waals surface area contributed by atoms with E-state index >= 15 is 0 Å². The normalized spacial score (nSPS) is 15.7. The second-order valence-electron chi connectivity index (χ2n) is 5.33. The number of anilines is 1. The molecule has 0 aliphatic carbocycles. The first-order valence-corrected chi connectivity index (χ1v) is 7.96. The Hall–Kier alpha value is -2.14. The summed E-state index contributed by atoms with van der Waals surface area (Å²) in [6, 6.07) is 3.83. The Balaban J connectivity index is 2.05. The molecule has 4 nitrogen and oxygen atoms in total. The van der Waals surface area contributed by atoms with E-state index in [9.17, 15) is 0 Å². The Labute approximate surface area is 136 Å². The number of aryl methyl sites for hydroxylation is 2. The van der Waals surface area contributed by atoms with Gasteiger partial charge in [-0.1, -0.05) is 0 Å². The molecule has 114 valence electrons. The van der Waals surface area contributed by atoms with Crippen molar-refractivity contribution in [3.63, 3.8) is 0 Å². The van der Waals surface area contributed by atoms with Crippen molar-refractivity contribution in [2.24, 2.45) is 0 Å². The second kappa shape index (κ2) is 5.93. The predicted molar refractivity (Wildman–Crippen MR) is 90.9 cm³/mol. The minimum absolute atomic E-state index is 0.290. The number of methoxy groups -OCH3 is 1. The maximum atomic E-state index is 7.86. The maximum Gasteiger partial charge on any atom is 0.195 e. The molecule has 0 saturated heterocycles. The summed E-state index contributed by atoms with van der Waals surface area (Å²) in [7, 11) is 1.68. The summed E-state index contributed by atoms with van der Waals surface area (Å²) >= 11 is 1.60. The summed E-state index contributed by atoms with van der Waals surface area (Å²) in [6.07, 6.45) is 2.31. The van der Waals surface area contributed by atoms with Gasteiger partial charge in [0.25, 0.3) is 0 Å². The molecule has 0 saturated carbocycles. The van der Waals surface area contributed by atoms with Gasteiger partial charge >= 0.3 is 0 Å². The van der Waals surface area contributed by atoms with Gasteiger partial charge < -0.3 is 4.74 Å². The van der Waals surface area contributed by atoms with Crippen molar-refractivity contribution in [1.82, 2.24) is 9.97 Å². The Morgan fingerprint density at radius 2 is 2.14 bits per heavy atom. The minimum Gasteiger partial charge on any atom is -0.482 e. The molecule has 1 aliphatic heterocycles. The smallest absolute Gasteiger partial charge is 0.195 e. The standard InChI is InChI=1S/C17H19N3OS/c1-11-7-16(21-4)20(17-19-13(3)10-22-17)9-15(11)14-5-6-18-12(2)8-14/h5-8,10H,9H2,1-4H3/i6D. The average molecular weight is 314 g/mol. The molecule has 3 heterocycles. The van der Waals surface area contributed by atoms with Crippen LogP contribution in [0.1, 0.15) is 25.2 Å². The molecule has 0 atom stereocenters. The van der Waals surface area contributed by atoms with Crippen LogP contribution in [-0.4, -0.2) is 23.6 Å². The van der Waals surface area contributed by atoms with Crippen LogP contribution in [0.4, 0.5) is 5.13 Å². The number of allylic oxidation sites excluding steroid dienone is 2. The van der Waals surface area contributed by atoms with Gasteiger partial charge in [0.1, 0.15) is 0 Å². The van der Waals surface area contributed by atoms with E-state index in [1.807, 2.05) is 37.4 Å². The first-order valence-electron chi connectivity index (χ1n) is 7.58. The van der Waals surface area contributed by atoms with E-state index in [2.05, 4.69) is 21.8 Å². The first-order chi connectivity index (χ1) is 11.0. The van der Waals surface area contributed by atoms with Crippen molar-refractivity contribution < 1.29 is 6.11 Å². The molecule has 0 N–H and O–H groups in total. The van der Waals surface area contributed by atoms with Crippen LogP contribution in [0.5, 0.6) is 0 Å². The quantitative estimate of drug-likeness (QED) is 0.860. The van der Waals surface area contributed by atoms with Gasteiger partial charge in [0.05, 0.1) is 20.7 Å². The summed E-state index contributed by atoms with van der Waals surface area (Å²) in [6.45, 7) is 6.64. The monoisotopic (exact) mass is 314 g/mol. The molecule has 0 fully saturated rings. The molecule has 3 rings (SSSR count). The van der Waals surface area contributed by atoms with Crippen LogP contribution in [0.3, 0.4) is 0 Å². The van der Waals surface area contributed by atoms with Crippen molar-refractivity contribution in [3.05, 3.63) is 58.2 Å². The topological polar surface area (TPSA) is 38.2 Å². The second-order valence-corrected chi connectivity index (χ2v) is 6.17. The molecule has 5 heteroatoms. The zero-order valence-corrected chi connectivity index (χ0v) is 14.0. The number of nitrogens with zero attached hydrogens (tertiary/aromatic N) is 3. The lowest BCUT2D eigenvalue weighted by molar-refractivity contribution is 0.279.